The van der Waals surface area contributed by atoms with E-state index in [9.17, 15) is 0 Å². The first-order chi connectivity index (χ1) is 9.88. The Morgan fingerprint density at radius 3 is 2.62 bits per heavy atom. The summed E-state index contributed by atoms with van der Waals surface area (Å²) in [6.07, 6.45) is 4.07. The number of benzene rings is 1. The van der Waals surface area contributed by atoms with Crippen LogP contribution in [0.25, 0.3) is 0 Å². The highest BCUT2D eigenvalue weighted by molar-refractivity contribution is 5.55. The molecule has 0 heterocycles. The molecule has 3 heteroatoms. The van der Waals surface area contributed by atoms with E-state index in [2.05, 4.69) is 20.8 Å². The number of hydrogen-bond donors (Lipinski definition) is 1. The molecular weight excluding hydrogens is 262 g/mol. The fourth-order valence-electron chi connectivity index (χ4n) is 4.34. The zero-order chi connectivity index (χ0) is 15.3. The lowest BCUT2D eigenvalue weighted by atomic mass is 9.70. The van der Waals surface area contributed by atoms with Crippen molar-refractivity contribution in [3.05, 3.63) is 18.2 Å². The Labute approximate surface area is 127 Å². The molecule has 0 radical (unpaired) electrons. The van der Waals surface area contributed by atoms with Crippen LogP contribution in [0.4, 0.5) is 5.69 Å². The van der Waals surface area contributed by atoms with Gasteiger partial charge in [-0.05, 0) is 49.7 Å². The Hall–Kier alpha value is -1.38. The second kappa shape index (κ2) is 4.82. The van der Waals surface area contributed by atoms with Crippen molar-refractivity contribution >= 4 is 5.69 Å². The highest BCUT2D eigenvalue weighted by Gasteiger charge is 2.62. The highest BCUT2D eigenvalue weighted by Crippen LogP contribution is 2.66. The summed E-state index contributed by atoms with van der Waals surface area (Å²) in [4.78, 5) is 0. The first kappa shape index (κ1) is 14.6. The number of fused-ring (bicyclic) bond motifs is 2. The summed E-state index contributed by atoms with van der Waals surface area (Å²) in [6.45, 7) is 9.78. The lowest BCUT2D eigenvalue weighted by Gasteiger charge is -2.38. The van der Waals surface area contributed by atoms with Crippen LogP contribution in [0.2, 0.25) is 0 Å². The van der Waals surface area contributed by atoms with Crippen LogP contribution < -0.4 is 15.2 Å². The molecule has 2 aliphatic rings. The summed E-state index contributed by atoms with van der Waals surface area (Å²) in [5, 5.41) is 0. The number of rotatable bonds is 4. The van der Waals surface area contributed by atoms with Gasteiger partial charge in [0.15, 0.2) is 0 Å². The molecule has 0 spiro atoms. The van der Waals surface area contributed by atoms with Crippen molar-refractivity contribution in [3.63, 3.8) is 0 Å². The molecule has 0 saturated heterocycles. The van der Waals surface area contributed by atoms with Gasteiger partial charge in [-0.1, -0.05) is 20.8 Å². The van der Waals surface area contributed by atoms with Crippen molar-refractivity contribution in [1.29, 1.82) is 0 Å². The van der Waals surface area contributed by atoms with Crippen molar-refractivity contribution in [2.75, 3.05) is 12.3 Å². The van der Waals surface area contributed by atoms with E-state index in [0.717, 1.165) is 23.8 Å². The molecule has 21 heavy (non-hydrogen) atoms. The van der Waals surface area contributed by atoms with E-state index in [-0.39, 0.29) is 5.41 Å². The monoisotopic (exact) mass is 289 g/mol. The summed E-state index contributed by atoms with van der Waals surface area (Å²) in [7, 11) is 0. The molecule has 116 valence electrons. The zero-order valence-electron chi connectivity index (χ0n) is 13.6. The van der Waals surface area contributed by atoms with Gasteiger partial charge in [-0.3, -0.25) is 0 Å². The van der Waals surface area contributed by atoms with Gasteiger partial charge in [0.25, 0.3) is 0 Å². The quantitative estimate of drug-likeness (QED) is 0.842. The first-order valence-electron chi connectivity index (χ1n) is 8.07. The van der Waals surface area contributed by atoms with Crippen LogP contribution in [0.15, 0.2) is 18.2 Å². The third-order valence-electron chi connectivity index (χ3n) is 6.28. The fraction of sp³-hybridized carbons (Fsp3) is 0.667. The maximum atomic E-state index is 6.35. The maximum absolute atomic E-state index is 6.35. The lowest BCUT2D eigenvalue weighted by molar-refractivity contribution is 0.0300. The minimum absolute atomic E-state index is 0.269. The van der Waals surface area contributed by atoms with Crippen LogP contribution >= 0.6 is 0 Å². The van der Waals surface area contributed by atoms with Gasteiger partial charge in [-0.25, -0.2) is 0 Å². The third-order valence-corrected chi connectivity index (χ3v) is 6.28. The molecule has 0 amide bonds. The van der Waals surface area contributed by atoms with Crippen molar-refractivity contribution in [2.45, 2.75) is 53.1 Å². The molecular formula is C18H27NO2. The number of hydrogen-bond acceptors (Lipinski definition) is 3. The molecule has 0 aliphatic heterocycles. The predicted molar refractivity (Wildman–Crippen MR) is 85.7 cm³/mol. The van der Waals surface area contributed by atoms with E-state index in [0.29, 0.717) is 23.8 Å². The van der Waals surface area contributed by atoms with E-state index in [1.54, 1.807) is 0 Å². The molecule has 3 rings (SSSR count). The summed E-state index contributed by atoms with van der Waals surface area (Å²) in [5.41, 5.74) is 7.24. The van der Waals surface area contributed by atoms with Gasteiger partial charge >= 0.3 is 0 Å². The minimum Gasteiger partial charge on any atom is -0.492 e. The van der Waals surface area contributed by atoms with Gasteiger partial charge < -0.3 is 15.2 Å². The molecule has 2 N–H and O–H groups in total. The van der Waals surface area contributed by atoms with E-state index in [1.165, 1.54) is 12.8 Å². The van der Waals surface area contributed by atoms with E-state index >= 15 is 0 Å². The van der Waals surface area contributed by atoms with Crippen LogP contribution in [0.1, 0.15) is 47.0 Å². The van der Waals surface area contributed by atoms with Gasteiger partial charge in [0.2, 0.25) is 0 Å². The molecule has 1 aromatic carbocycles. The molecule has 3 nitrogen and oxygen atoms in total. The molecule has 2 fully saturated rings. The van der Waals surface area contributed by atoms with Crippen molar-refractivity contribution in [1.82, 2.24) is 0 Å². The second-order valence-electron chi connectivity index (χ2n) is 7.35. The van der Waals surface area contributed by atoms with Gasteiger partial charge in [0.05, 0.1) is 12.3 Å². The number of nitrogens with two attached hydrogens (primary N) is 1. The van der Waals surface area contributed by atoms with Crippen LogP contribution in [-0.4, -0.2) is 12.7 Å². The third kappa shape index (κ3) is 2.09. The second-order valence-corrected chi connectivity index (χ2v) is 7.35. The largest absolute Gasteiger partial charge is 0.492 e. The predicted octanol–water partition coefficient (Wildman–Crippen LogP) is 4.26. The zero-order valence-corrected chi connectivity index (χ0v) is 13.6. The van der Waals surface area contributed by atoms with Crippen molar-refractivity contribution < 1.29 is 9.47 Å². The minimum atomic E-state index is 0.269. The summed E-state index contributed by atoms with van der Waals surface area (Å²) < 4.78 is 11.9. The van der Waals surface area contributed by atoms with Crippen molar-refractivity contribution in [3.8, 4) is 11.5 Å². The Balaban J connectivity index is 1.81. The molecule has 2 bridgehead atoms. The van der Waals surface area contributed by atoms with Crippen LogP contribution in [0.3, 0.4) is 0 Å². The molecule has 3 atom stereocenters. The molecule has 2 saturated carbocycles. The Bertz CT molecular complexity index is 540. The van der Waals surface area contributed by atoms with Crippen LogP contribution in [0.5, 0.6) is 11.5 Å². The lowest BCUT2D eigenvalue weighted by Crippen LogP contribution is -2.38. The molecule has 3 unspecified atom stereocenters. The number of anilines is 1. The highest BCUT2D eigenvalue weighted by atomic mass is 16.5. The fourth-order valence-corrected chi connectivity index (χ4v) is 4.34. The number of nitrogen functional groups attached to an aromatic ring is 1. The molecule has 0 aromatic heterocycles. The van der Waals surface area contributed by atoms with E-state index in [4.69, 9.17) is 15.2 Å². The van der Waals surface area contributed by atoms with Crippen LogP contribution in [-0.2, 0) is 0 Å². The smallest absolute Gasteiger partial charge is 0.145 e. The Morgan fingerprint density at radius 2 is 2.05 bits per heavy atom. The average Bonchev–Trinajstić information content (AvgIpc) is 2.76. The molecule has 2 aliphatic carbocycles. The van der Waals surface area contributed by atoms with E-state index in [1.807, 2.05) is 25.1 Å². The summed E-state index contributed by atoms with van der Waals surface area (Å²) in [6, 6.07) is 5.77. The first-order valence-corrected chi connectivity index (χ1v) is 8.07. The van der Waals surface area contributed by atoms with Gasteiger partial charge in [0.1, 0.15) is 17.6 Å². The van der Waals surface area contributed by atoms with Gasteiger partial charge in [-0.15, -0.1) is 0 Å². The van der Waals surface area contributed by atoms with E-state index < -0.39 is 0 Å². The van der Waals surface area contributed by atoms with Gasteiger partial charge in [-0.2, -0.15) is 0 Å². The summed E-state index contributed by atoms with van der Waals surface area (Å²) in [5.74, 6) is 2.39. The van der Waals surface area contributed by atoms with Crippen molar-refractivity contribution in [2.24, 2.45) is 16.7 Å². The normalized spacial score (nSPS) is 33.1. The Kier molecular flexibility index (Phi) is 3.34. The Morgan fingerprint density at radius 1 is 1.29 bits per heavy atom. The van der Waals surface area contributed by atoms with Gasteiger partial charge in [0, 0.05) is 11.5 Å². The summed E-state index contributed by atoms with van der Waals surface area (Å²) >= 11 is 0. The standard InChI is InChI=1S/C18H27NO2/c1-5-20-15-11-13(6-7-14(15)19)21-16-10-12-8-9-18(16,4)17(12,2)3/h6-7,11-12,16H,5,8-10,19H2,1-4H3. The molecule has 1 aromatic rings. The average molecular weight is 289 g/mol. The SMILES string of the molecule is CCOc1cc(OC2CC3CCC2(C)C3(C)C)ccc1N. The van der Waals surface area contributed by atoms with Crippen LogP contribution in [0, 0.1) is 16.7 Å². The number of ether oxygens (including phenoxy) is 2. The topological polar surface area (TPSA) is 44.5 Å². The maximum Gasteiger partial charge on any atom is 0.145 e.